The van der Waals surface area contributed by atoms with Gasteiger partial charge in [0.25, 0.3) is 0 Å². The van der Waals surface area contributed by atoms with Gasteiger partial charge in [-0.1, -0.05) is 40.0 Å². The number of unbranched alkanes of at least 4 members (excludes halogenated alkanes) is 2. The average molecular weight is 278 g/mol. The summed E-state index contributed by atoms with van der Waals surface area (Å²) in [6, 6.07) is 4.84. The highest BCUT2D eigenvalue weighted by molar-refractivity contribution is 5.95. The minimum absolute atomic E-state index is 0.134. The fourth-order valence-electron chi connectivity index (χ4n) is 2.17. The molecule has 0 atom stereocenters. The van der Waals surface area contributed by atoms with E-state index in [9.17, 15) is 9.90 Å². The Morgan fingerprint density at radius 1 is 1.35 bits per heavy atom. The van der Waals surface area contributed by atoms with Crippen LogP contribution >= 0.6 is 0 Å². The van der Waals surface area contributed by atoms with Crippen LogP contribution in [0.3, 0.4) is 0 Å². The van der Waals surface area contributed by atoms with Gasteiger partial charge >= 0.3 is 5.97 Å². The monoisotopic (exact) mass is 278 g/mol. The van der Waals surface area contributed by atoms with Gasteiger partial charge in [0, 0.05) is 12.2 Å². The molecular weight excluding hydrogens is 252 g/mol. The lowest BCUT2D eigenvalue weighted by Crippen LogP contribution is -2.24. The first-order chi connectivity index (χ1) is 9.35. The Hall–Kier alpha value is -1.71. The Bertz CT molecular complexity index is 456. The molecule has 0 unspecified atom stereocenters. The topological polar surface area (TPSA) is 75.3 Å². The molecule has 4 heteroatoms. The van der Waals surface area contributed by atoms with Gasteiger partial charge in [-0.15, -0.1) is 0 Å². The SMILES string of the molecule is CCCCCC(C)(C)CNc1cc(N)ccc1C(=O)O. The maximum absolute atomic E-state index is 11.2. The quantitative estimate of drug-likeness (QED) is 0.496. The van der Waals surface area contributed by atoms with E-state index in [0.717, 1.165) is 13.0 Å². The van der Waals surface area contributed by atoms with Gasteiger partial charge in [0.15, 0.2) is 0 Å². The summed E-state index contributed by atoms with van der Waals surface area (Å²) in [5, 5.41) is 12.4. The summed E-state index contributed by atoms with van der Waals surface area (Å²) in [4.78, 5) is 11.2. The van der Waals surface area contributed by atoms with Crippen molar-refractivity contribution in [3.63, 3.8) is 0 Å². The molecule has 0 aliphatic carbocycles. The van der Waals surface area contributed by atoms with Gasteiger partial charge in [0.2, 0.25) is 0 Å². The molecule has 0 radical (unpaired) electrons. The number of benzene rings is 1. The zero-order valence-corrected chi connectivity index (χ0v) is 12.7. The van der Waals surface area contributed by atoms with E-state index < -0.39 is 5.97 Å². The van der Waals surface area contributed by atoms with Crippen LogP contribution in [0, 0.1) is 5.41 Å². The first-order valence-corrected chi connectivity index (χ1v) is 7.22. The number of nitrogens with one attached hydrogen (secondary N) is 1. The van der Waals surface area contributed by atoms with Crippen LogP contribution < -0.4 is 11.1 Å². The third-order valence-corrected chi connectivity index (χ3v) is 3.49. The second-order valence-electron chi connectivity index (χ2n) is 6.09. The van der Waals surface area contributed by atoms with E-state index in [2.05, 4.69) is 26.1 Å². The molecule has 1 rings (SSSR count). The molecule has 0 fully saturated rings. The second kappa shape index (κ2) is 7.17. The van der Waals surface area contributed by atoms with E-state index in [1.54, 1.807) is 18.2 Å². The van der Waals surface area contributed by atoms with Crippen molar-refractivity contribution in [2.24, 2.45) is 5.41 Å². The van der Waals surface area contributed by atoms with E-state index >= 15 is 0 Å². The highest BCUT2D eigenvalue weighted by Crippen LogP contribution is 2.26. The number of nitrogen functional groups attached to an aromatic ring is 1. The molecule has 0 aromatic heterocycles. The minimum Gasteiger partial charge on any atom is -0.478 e. The molecular formula is C16H26N2O2. The highest BCUT2D eigenvalue weighted by Gasteiger charge is 2.18. The smallest absolute Gasteiger partial charge is 0.337 e. The van der Waals surface area contributed by atoms with E-state index in [1.807, 2.05) is 0 Å². The normalized spacial score (nSPS) is 11.3. The van der Waals surface area contributed by atoms with Crippen molar-refractivity contribution in [3.8, 4) is 0 Å². The van der Waals surface area contributed by atoms with Gasteiger partial charge in [0.1, 0.15) is 0 Å². The molecule has 0 bridgehead atoms. The van der Waals surface area contributed by atoms with Crippen LogP contribution in [0.15, 0.2) is 18.2 Å². The van der Waals surface area contributed by atoms with Crippen molar-refractivity contribution in [3.05, 3.63) is 23.8 Å². The summed E-state index contributed by atoms with van der Waals surface area (Å²) < 4.78 is 0. The summed E-state index contributed by atoms with van der Waals surface area (Å²) in [5.41, 5.74) is 7.30. The molecule has 4 nitrogen and oxygen atoms in total. The average Bonchev–Trinajstić information content (AvgIpc) is 2.36. The molecule has 0 heterocycles. The van der Waals surface area contributed by atoms with Crippen LogP contribution in [0.4, 0.5) is 11.4 Å². The third-order valence-electron chi connectivity index (χ3n) is 3.49. The van der Waals surface area contributed by atoms with Gasteiger partial charge in [-0.05, 0) is 30.0 Å². The van der Waals surface area contributed by atoms with Crippen molar-refractivity contribution in [1.29, 1.82) is 0 Å². The Balaban J connectivity index is 2.68. The van der Waals surface area contributed by atoms with E-state index in [1.165, 1.54) is 19.3 Å². The van der Waals surface area contributed by atoms with E-state index in [4.69, 9.17) is 5.73 Å². The van der Waals surface area contributed by atoms with Crippen LogP contribution in [0.2, 0.25) is 0 Å². The Morgan fingerprint density at radius 2 is 2.05 bits per heavy atom. The van der Waals surface area contributed by atoms with Crippen molar-refractivity contribution < 1.29 is 9.90 Å². The minimum atomic E-state index is -0.934. The lowest BCUT2D eigenvalue weighted by Gasteiger charge is -2.26. The lowest BCUT2D eigenvalue weighted by molar-refractivity contribution is 0.0698. The van der Waals surface area contributed by atoms with Crippen molar-refractivity contribution >= 4 is 17.3 Å². The maximum atomic E-state index is 11.2. The number of aromatic carboxylic acids is 1. The number of nitrogens with two attached hydrogens (primary N) is 1. The van der Waals surface area contributed by atoms with Gasteiger partial charge in [-0.2, -0.15) is 0 Å². The molecule has 1 aromatic rings. The van der Waals surface area contributed by atoms with Gasteiger partial charge in [0.05, 0.1) is 11.3 Å². The van der Waals surface area contributed by atoms with Crippen molar-refractivity contribution in [1.82, 2.24) is 0 Å². The fraction of sp³-hybridized carbons (Fsp3) is 0.562. The van der Waals surface area contributed by atoms with Crippen molar-refractivity contribution in [2.75, 3.05) is 17.6 Å². The molecule has 0 saturated heterocycles. The molecule has 0 spiro atoms. The summed E-state index contributed by atoms with van der Waals surface area (Å²) in [6.07, 6.45) is 4.77. The zero-order chi connectivity index (χ0) is 15.2. The van der Waals surface area contributed by atoms with E-state index in [-0.39, 0.29) is 11.0 Å². The number of rotatable bonds is 8. The summed E-state index contributed by atoms with van der Waals surface area (Å²) in [7, 11) is 0. The Morgan fingerprint density at radius 3 is 2.65 bits per heavy atom. The second-order valence-corrected chi connectivity index (χ2v) is 6.09. The first-order valence-electron chi connectivity index (χ1n) is 7.22. The summed E-state index contributed by atoms with van der Waals surface area (Å²) in [5.74, 6) is -0.934. The largest absolute Gasteiger partial charge is 0.478 e. The molecule has 0 aliphatic rings. The van der Waals surface area contributed by atoms with Gasteiger partial charge in [-0.25, -0.2) is 4.79 Å². The number of carboxylic acids is 1. The fourth-order valence-corrected chi connectivity index (χ4v) is 2.17. The zero-order valence-electron chi connectivity index (χ0n) is 12.7. The molecule has 20 heavy (non-hydrogen) atoms. The molecule has 0 saturated carbocycles. The van der Waals surface area contributed by atoms with Crippen molar-refractivity contribution in [2.45, 2.75) is 46.5 Å². The maximum Gasteiger partial charge on any atom is 0.337 e. The van der Waals surface area contributed by atoms with E-state index in [0.29, 0.717) is 11.4 Å². The van der Waals surface area contributed by atoms with Gasteiger partial charge in [-0.3, -0.25) is 0 Å². The highest BCUT2D eigenvalue weighted by atomic mass is 16.4. The standard InChI is InChI=1S/C16H26N2O2/c1-4-5-6-9-16(2,3)11-18-14-10-12(17)7-8-13(14)15(19)20/h7-8,10,18H,4-6,9,11,17H2,1-3H3,(H,19,20). The summed E-state index contributed by atoms with van der Waals surface area (Å²) in [6.45, 7) is 7.32. The molecule has 112 valence electrons. The Kier molecular flexibility index (Phi) is 5.86. The number of hydrogen-bond donors (Lipinski definition) is 3. The molecule has 4 N–H and O–H groups in total. The predicted molar refractivity (Wildman–Crippen MR) is 84.2 cm³/mol. The predicted octanol–water partition coefficient (Wildman–Crippen LogP) is 3.99. The third kappa shape index (κ3) is 5.11. The Labute approximate surface area is 121 Å². The molecule has 0 amide bonds. The van der Waals surface area contributed by atoms with Crippen LogP contribution in [-0.2, 0) is 0 Å². The first kappa shape index (κ1) is 16.3. The van der Waals surface area contributed by atoms with Gasteiger partial charge < -0.3 is 16.2 Å². The number of carbonyl (C=O) groups is 1. The van der Waals surface area contributed by atoms with Crippen LogP contribution in [0.25, 0.3) is 0 Å². The van der Waals surface area contributed by atoms with Crippen LogP contribution in [-0.4, -0.2) is 17.6 Å². The lowest BCUT2D eigenvalue weighted by atomic mass is 9.86. The number of anilines is 2. The number of carboxylic acid groups (broad SMARTS) is 1. The number of hydrogen-bond acceptors (Lipinski definition) is 3. The summed E-state index contributed by atoms with van der Waals surface area (Å²) >= 11 is 0. The van der Waals surface area contributed by atoms with Crippen LogP contribution in [0.1, 0.15) is 56.8 Å². The molecule has 0 aliphatic heterocycles. The molecule has 1 aromatic carbocycles. The van der Waals surface area contributed by atoms with Crippen LogP contribution in [0.5, 0.6) is 0 Å².